The lowest BCUT2D eigenvalue weighted by Gasteiger charge is -2.30. The van der Waals surface area contributed by atoms with E-state index in [1.807, 2.05) is 30.3 Å². The maximum absolute atomic E-state index is 13.0. The number of nitrogens with one attached hydrogen (secondary N) is 1. The van der Waals surface area contributed by atoms with Gasteiger partial charge in [0.15, 0.2) is 23.2 Å². The van der Waals surface area contributed by atoms with Crippen molar-refractivity contribution in [2.75, 3.05) is 26.9 Å². The summed E-state index contributed by atoms with van der Waals surface area (Å²) in [5.41, 5.74) is 0.694. The van der Waals surface area contributed by atoms with Crippen molar-refractivity contribution in [1.82, 2.24) is 10.3 Å². The molecule has 1 unspecified atom stereocenters. The second kappa shape index (κ2) is 13.8. The molecular formula is C26H34N2O8. The monoisotopic (exact) mass is 502 g/mol. The van der Waals surface area contributed by atoms with Crippen LogP contribution in [-0.4, -0.2) is 73.3 Å². The number of amides is 1. The van der Waals surface area contributed by atoms with Gasteiger partial charge in [-0.15, -0.1) is 0 Å². The first-order chi connectivity index (χ1) is 17.4. The number of ether oxygens (including phenoxy) is 5. The van der Waals surface area contributed by atoms with E-state index in [2.05, 4.69) is 17.2 Å². The normalized spacial score (nSPS) is 22.6. The molecule has 3 rings (SSSR count). The first-order valence-corrected chi connectivity index (χ1v) is 12.0. The standard InChI is InChI=1S/C26H34N2O8/c1-4-5-13-34-21-16-33-15-19(28-25(30)22-23(29)20(32-3)11-12-27-22)26(31)36-17(2)24(21)35-14-18-9-7-6-8-10-18/h6-12,17,19,21,24,29H,4-5,13-16H2,1-3H3,(H,28,30)/t17-,19-,21?,24-/m0/s1. The van der Waals surface area contributed by atoms with E-state index in [0.717, 1.165) is 18.4 Å². The summed E-state index contributed by atoms with van der Waals surface area (Å²) in [6.07, 6.45) is 1.39. The molecule has 0 aliphatic carbocycles. The summed E-state index contributed by atoms with van der Waals surface area (Å²) in [6, 6.07) is 9.95. The lowest BCUT2D eigenvalue weighted by molar-refractivity contribution is -0.169. The van der Waals surface area contributed by atoms with Gasteiger partial charge in [0.25, 0.3) is 5.91 Å². The molecule has 0 radical (unpaired) electrons. The van der Waals surface area contributed by atoms with Crippen LogP contribution in [0.4, 0.5) is 0 Å². The van der Waals surface area contributed by atoms with Gasteiger partial charge in [0.05, 0.1) is 26.9 Å². The van der Waals surface area contributed by atoms with Crippen molar-refractivity contribution in [3.8, 4) is 11.5 Å². The van der Waals surface area contributed by atoms with Gasteiger partial charge in [-0.25, -0.2) is 9.78 Å². The SMILES string of the molecule is CCCCOC1COC[C@H](NC(=O)c2nccc(OC)c2O)C(=O)O[C@@H](C)[C@@H]1OCc1ccccc1. The van der Waals surface area contributed by atoms with Crippen LogP contribution in [0.25, 0.3) is 0 Å². The van der Waals surface area contributed by atoms with Gasteiger partial charge in [-0.2, -0.15) is 0 Å². The topological polar surface area (TPSA) is 125 Å². The average molecular weight is 503 g/mol. The maximum atomic E-state index is 13.0. The number of aromatic nitrogens is 1. The van der Waals surface area contributed by atoms with Crippen molar-refractivity contribution in [2.24, 2.45) is 0 Å². The first-order valence-electron chi connectivity index (χ1n) is 12.0. The van der Waals surface area contributed by atoms with Crippen LogP contribution in [0.15, 0.2) is 42.6 Å². The van der Waals surface area contributed by atoms with Crippen molar-refractivity contribution in [1.29, 1.82) is 0 Å². The minimum Gasteiger partial charge on any atom is -0.503 e. The molecule has 4 atom stereocenters. The highest BCUT2D eigenvalue weighted by Crippen LogP contribution is 2.27. The Balaban J connectivity index is 1.73. The van der Waals surface area contributed by atoms with E-state index >= 15 is 0 Å². The van der Waals surface area contributed by atoms with Crippen molar-refractivity contribution in [2.45, 2.75) is 57.6 Å². The number of hydrogen-bond donors (Lipinski definition) is 2. The van der Waals surface area contributed by atoms with Crippen LogP contribution in [-0.2, 0) is 30.3 Å². The number of benzene rings is 1. The van der Waals surface area contributed by atoms with Crippen LogP contribution in [0.5, 0.6) is 11.5 Å². The van der Waals surface area contributed by atoms with Crippen molar-refractivity contribution in [3.63, 3.8) is 0 Å². The molecule has 0 bridgehead atoms. The maximum Gasteiger partial charge on any atom is 0.331 e. The molecule has 10 nitrogen and oxygen atoms in total. The van der Waals surface area contributed by atoms with Gasteiger partial charge in [0, 0.05) is 18.9 Å². The van der Waals surface area contributed by atoms with E-state index < -0.39 is 42.0 Å². The Bertz CT molecular complexity index is 987. The fourth-order valence-electron chi connectivity index (χ4n) is 3.73. The van der Waals surface area contributed by atoms with Gasteiger partial charge in [-0.1, -0.05) is 43.7 Å². The molecular weight excluding hydrogens is 468 g/mol. The second-order valence-electron chi connectivity index (χ2n) is 8.44. The number of hydrogen-bond acceptors (Lipinski definition) is 9. The highest BCUT2D eigenvalue weighted by Gasteiger charge is 2.36. The lowest BCUT2D eigenvalue weighted by Crippen LogP contribution is -2.47. The Labute approximate surface area is 210 Å². The zero-order valence-corrected chi connectivity index (χ0v) is 20.8. The Kier molecular flexibility index (Phi) is 10.5. The van der Waals surface area contributed by atoms with Gasteiger partial charge in [-0.05, 0) is 18.9 Å². The molecule has 1 aliphatic rings. The molecule has 2 aromatic rings. The van der Waals surface area contributed by atoms with Gasteiger partial charge in [0.1, 0.15) is 18.3 Å². The van der Waals surface area contributed by atoms with Crippen LogP contribution in [0, 0.1) is 0 Å². The fraction of sp³-hybridized carbons (Fsp3) is 0.500. The number of rotatable bonds is 10. The van der Waals surface area contributed by atoms with E-state index in [1.54, 1.807) is 6.92 Å². The summed E-state index contributed by atoms with van der Waals surface area (Å²) in [6.45, 7) is 4.60. The van der Waals surface area contributed by atoms with Crippen LogP contribution in [0.2, 0.25) is 0 Å². The molecule has 10 heteroatoms. The summed E-state index contributed by atoms with van der Waals surface area (Å²) in [4.78, 5) is 29.6. The molecule has 2 N–H and O–H groups in total. The number of carbonyl (C=O) groups excluding carboxylic acids is 2. The summed E-state index contributed by atoms with van der Waals surface area (Å²) in [5.74, 6) is -1.80. The molecule has 1 aromatic carbocycles. The molecule has 0 spiro atoms. The Hall–Kier alpha value is -3.21. The molecule has 1 aliphatic heterocycles. The third kappa shape index (κ3) is 7.39. The molecule has 0 saturated carbocycles. The van der Waals surface area contributed by atoms with E-state index in [0.29, 0.717) is 13.2 Å². The number of aromatic hydroxyl groups is 1. The summed E-state index contributed by atoms with van der Waals surface area (Å²) >= 11 is 0. The van der Waals surface area contributed by atoms with Crippen LogP contribution < -0.4 is 10.1 Å². The quantitative estimate of drug-likeness (QED) is 0.372. The van der Waals surface area contributed by atoms with Crippen LogP contribution in [0.1, 0.15) is 42.7 Å². The second-order valence-corrected chi connectivity index (χ2v) is 8.44. The summed E-state index contributed by atoms with van der Waals surface area (Å²) in [5, 5.41) is 12.8. The number of pyridine rings is 1. The third-order valence-electron chi connectivity index (χ3n) is 5.72. The number of cyclic esters (lactones) is 1. The van der Waals surface area contributed by atoms with Crippen molar-refractivity contribution < 1.29 is 38.4 Å². The zero-order valence-electron chi connectivity index (χ0n) is 20.8. The molecule has 1 aromatic heterocycles. The average Bonchev–Trinajstić information content (AvgIpc) is 2.92. The predicted octanol–water partition coefficient (Wildman–Crippen LogP) is 2.63. The molecule has 1 saturated heterocycles. The number of carbonyl (C=O) groups is 2. The van der Waals surface area contributed by atoms with Gasteiger partial charge in [0.2, 0.25) is 0 Å². The van der Waals surface area contributed by atoms with Crippen LogP contribution in [0.3, 0.4) is 0 Å². The lowest BCUT2D eigenvalue weighted by atomic mass is 10.1. The minimum absolute atomic E-state index is 0.0857. The highest BCUT2D eigenvalue weighted by atomic mass is 16.6. The minimum atomic E-state index is -1.13. The Morgan fingerprint density at radius 1 is 1.19 bits per heavy atom. The Morgan fingerprint density at radius 3 is 2.69 bits per heavy atom. The first kappa shape index (κ1) is 27.4. The largest absolute Gasteiger partial charge is 0.503 e. The van der Waals surface area contributed by atoms with Crippen LogP contribution >= 0.6 is 0 Å². The predicted molar refractivity (Wildman–Crippen MR) is 130 cm³/mol. The summed E-state index contributed by atoms with van der Waals surface area (Å²) < 4.78 is 28.7. The molecule has 1 amide bonds. The smallest absolute Gasteiger partial charge is 0.331 e. The van der Waals surface area contributed by atoms with E-state index in [-0.39, 0.29) is 24.7 Å². The van der Waals surface area contributed by atoms with Crippen molar-refractivity contribution >= 4 is 11.9 Å². The molecule has 36 heavy (non-hydrogen) atoms. The number of methoxy groups -OCH3 is 1. The van der Waals surface area contributed by atoms with E-state index in [4.69, 9.17) is 23.7 Å². The fourth-order valence-corrected chi connectivity index (χ4v) is 3.73. The molecule has 1 fully saturated rings. The van der Waals surface area contributed by atoms with Crippen molar-refractivity contribution in [3.05, 3.63) is 53.9 Å². The zero-order chi connectivity index (χ0) is 25.9. The molecule has 196 valence electrons. The number of nitrogens with zero attached hydrogens (tertiary/aromatic N) is 1. The number of unbranched alkanes of at least 4 members (excludes halogenated alkanes) is 1. The van der Waals surface area contributed by atoms with Gasteiger partial charge < -0.3 is 34.1 Å². The Morgan fingerprint density at radius 2 is 1.97 bits per heavy atom. The third-order valence-corrected chi connectivity index (χ3v) is 5.72. The highest BCUT2D eigenvalue weighted by molar-refractivity contribution is 5.98. The molecule has 2 heterocycles. The van der Waals surface area contributed by atoms with Gasteiger partial charge >= 0.3 is 5.97 Å². The number of esters is 1. The van der Waals surface area contributed by atoms with Gasteiger partial charge in [-0.3, -0.25) is 4.79 Å². The van der Waals surface area contributed by atoms with E-state index in [1.165, 1.54) is 19.4 Å². The van der Waals surface area contributed by atoms with E-state index in [9.17, 15) is 14.7 Å². The summed E-state index contributed by atoms with van der Waals surface area (Å²) in [7, 11) is 1.36.